The molecule has 33 heavy (non-hydrogen) atoms. The maximum absolute atomic E-state index is 13.5. The molecule has 5 rings (SSSR count). The minimum Gasteiger partial charge on any atom is -0.461 e. The predicted molar refractivity (Wildman–Crippen MR) is 129 cm³/mol. The molecule has 0 N–H and O–H groups in total. The van der Waals surface area contributed by atoms with Gasteiger partial charge in [-0.15, -0.1) is 0 Å². The van der Waals surface area contributed by atoms with E-state index in [0.29, 0.717) is 23.6 Å². The maximum atomic E-state index is 13.5. The number of rotatable bonds is 5. The van der Waals surface area contributed by atoms with Crippen LogP contribution in [0.15, 0.2) is 29.1 Å². The Morgan fingerprint density at radius 3 is 2.27 bits per heavy atom. The molecule has 3 heterocycles. The molecule has 0 amide bonds. The van der Waals surface area contributed by atoms with Crippen LogP contribution >= 0.6 is 0 Å². The Labute approximate surface area is 196 Å². The van der Waals surface area contributed by atoms with Crippen LogP contribution in [-0.2, 0) is 4.74 Å². The van der Waals surface area contributed by atoms with Crippen LogP contribution in [0.2, 0.25) is 0 Å². The molecule has 3 aliphatic rings. The van der Waals surface area contributed by atoms with E-state index in [1.54, 1.807) is 6.92 Å². The predicted octanol–water partition coefficient (Wildman–Crippen LogP) is 4.96. The van der Waals surface area contributed by atoms with Crippen LogP contribution < -0.4 is 5.56 Å². The summed E-state index contributed by atoms with van der Waals surface area (Å²) in [5, 5.41) is 0. The van der Waals surface area contributed by atoms with Crippen molar-refractivity contribution >= 4 is 17.0 Å². The topological polar surface area (TPSA) is 64.4 Å². The number of piperidine rings is 1. The molecule has 1 saturated carbocycles. The van der Waals surface area contributed by atoms with Gasteiger partial charge in [-0.1, -0.05) is 26.0 Å². The fraction of sp³-hybridized carbons (Fsp3) is 0.667. The first-order valence-corrected chi connectivity index (χ1v) is 12.9. The van der Waals surface area contributed by atoms with Gasteiger partial charge in [0, 0.05) is 24.2 Å². The molecule has 0 unspecified atom stereocenters. The highest BCUT2D eigenvalue weighted by molar-refractivity contribution is 5.89. The Balaban J connectivity index is 1.43. The van der Waals surface area contributed by atoms with Crippen molar-refractivity contribution in [2.75, 3.05) is 6.61 Å². The van der Waals surface area contributed by atoms with Crippen molar-refractivity contribution in [2.24, 2.45) is 11.8 Å². The molecule has 6 heteroatoms. The standard InChI is InChI=1S/C27H37N3O3/c1-4-33-27(32)25-26(31)30(24-8-6-5-7-23(24)28-25)22-15-20-13-14-21(16-22)29(20)19-11-9-18(10-12-19)17(2)3/h5-8,17-22H,4,9-16H2,1-3H3/t18?,19?,20-,21-/m1/s1. The summed E-state index contributed by atoms with van der Waals surface area (Å²) in [7, 11) is 0. The van der Waals surface area contributed by atoms with E-state index in [9.17, 15) is 9.59 Å². The first kappa shape index (κ1) is 22.6. The first-order chi connectivity index (χ1) is 16.0. The number of benzene rings is 1. The van der Waals surface area contributed by atoms with E-state index in [-0.39, 0.29) is 23.9 Å². The number of aromatic nitrogens is 2. The van der Waals surface area contributed by atoms with Gasteiger partial charge in [-0.05, 0) is 82.3 Å². The minimum absolute atomic E-state index is 0.0858. The van der Waals surface area contributed by atoms with Crippen LogP contribution in [0, 0.1) is 11.8 Å². The third-order valence-corrected chi connectivity index (χ3v) is 8.50. The molecular weight excluding hydrogens is 414 g/mol. The second-order valence-corrected chi connectivity index (χ2v) is 10.6. The molecule has 6 nitrogen and oxygen atoms in total. The van der Waals surface area contributed by atoms with Gasteiger partial charge in [0.2, 0.25) is 5.69 Å². The Morgan fingerprint density at radius 1 is 1.00 bits per heavy atom. The van der Waals surface area contributed by atoms with E-state index in [4.69, 9.17) is 4.74 Å². The lowest BCUT2D eigenvalue weighted by molar-refractivity contribution is 0.0330. The molecule has 2 atom stereocenters. The fourth-order valence-electron chi connectivity index (χ4n) is 6.91. The lowest BCUT2D eigenvalue weighted by Crippen LogP contribution is -2.51. The van der Waals surface area contributed by atoms with E-state index in [1.807, 2.05) is 28.8 Å². The number of carbonyl (C=O) groups is 1. The quantitative estimate of drug-likeness (QED) is 0.602. The third-order valence-electron chi connectivity index (χ3n) is 8.50. The normalized spacial score (nSPS) is 30.1. The molecular formula is C27H37N3O3. The highest BCUT2D eigenvalue weighted by atomic mass is 16.5. The van der Waals surface area contributed by atoms with E-state index in [1.165, 1.54) is 38.5 Å². The summed E-state index contributed by atoms with van der Waals surface area (Å²) in [6, 6.07) is 9.53. The van der Waals surface area contributed by atoms with Gasteiger partial charge in [0.05, 0.1) is 17.6 Å². The van der Waals surface area contributed by atoms with Crippen molar-refractivity contribution in [2.45, 2.75) is 96.3 Å². The average molecular weight is 452 g/mol. The molecule has 0 radical (unpaired) electrons. The number of para-hydroxylation sites is 2. The van der Waals surface area contributed by atoms with Crippen molar-refractivity contribution in [1.82, 2.24) is 14.5 Å². The Hall–Kier alpha value is -2.21. The van der Waals surface area contributed by atoms with E-state index in [2.05, 4.69) is 23.7 Å². The lowest BCUT2D eigenvalue weighted by Gasteiger charge is -2.46. The van der Waals surface area contributed by atoms with Gasteiger partial charge in [0.1, 0.15) is 0 Å². The average Bonchev–Trinajstić information content (AvgIpc) is 3.08. The van der Waals surface area contributed by atoms with Gasteiger partial charge in [-0.25, -0.2) is 9.78 Å². The van der Waals surface area contributed by atoms with Crippen LogP contribution in [0.5, 0.6) is 0 Å². The molecule has 2 saturated heterocycles. The number of esters is 1. The Bertz CT molecular complexity index is 1060. The first-order valence-electron chi connectivity index (χ1n) is 12.9. The van der Waals surface area contributed by atoms with Crippen molar-refractivity contribution in [3.8, 4) is 0 Å². The van der Waals surface area contributed by atoms with Crippen LogP contribution in [0.1, 0.15) is 88.7 Å². The number of carbonyl (C=O) groups excluding carboxylic acids is 1. The maximum Gasteiger partial charge on any atom is 0.362 e. The van der Waals surface area contributed by atoms with E-state index >= 15 is 0 Å². The van der Waals surface area contributed by atoms with Gasteiger partial charge in [0.15, 0.2) is 0 Å². The summed E-state index contributed by atoms with van der Waals surface area (Å²) in [6.07, 6.45) is 9.69. The molecule has 1 aromatic heterocycles. The molecule has 2 aliphatic heterocycles. The summed E-state index contributed by atoms with van der Waals surface area (Å²) >= 11 is 0. The Kier molecular flexibility index (Phi) is 6.30. The van der Waals surface area contributed by atoms with Gasteiger partial charge < -0.3 is 9.30 Å². The van der Waals surface area contributed by atoms with Crippen LogP contribution in [0.25, 0.3) is 11.0 Å². The zero-order valence-corrected chi connectivity index (χ0v) is 20.2. The molecule has 1 aliphatic carbocycles. The number of nitrogens with zero attached hydrogens (tertiary/aromatic N) is 3. The molecule has 1 aromatic carbocycles. The second kappa shape index (κ2) is 9.21. The highest BCUT2D eigenvalue weighted by Crippen LogP contribution is 2.45. The monoisotopic (exact) mass is 451 g/mol. The zero-order chi connectivity index (χ0) is 23.1. The van der Waals surface area contributed by atoms with E-state index in [0.717, 1.165) is 30.2 Å². The SMILES string of the molecule is CCOC(=O)c1nc2ccccc2n(C2C[C@H]3CC[C@H](C2)N3C2CCC(C(C)C)CC2)c1=O. The van der Waals surface area contributed by atoms with Gasteiger partial charge in [-0.3, -0.25) is 9.69 Å². The van der Waals surface area contributed by atoms with Crippen molar-refractivity contribution in [1.29, 1.82) is 0 Å². The summed E-state index contributed by atoms with van der Waals surface area (Å²) in [5.74, 6) is 1.04. The summed E-state index contributed by atoms with van der Waals surface area (Å²) in [5.41, 5.74) is 1.12. The van der Waals surface area contributed by atoms with Crippen molar-refractivity contribution in [3.63, 3.8) is 0 Å². The zero-order valence-electron chi connectivity index (χ0n) is 20.2. The fourth-order valence-corrected chi connectivity index (χ4v) is 6.91. The summed E-state index contributed by atoms with van der Waals surface area (Å²) in [4.78, 5) is 33.2. The van der Waals surface area contributed by atoms with Gasteiger partial charge >= 0.3 is 5.97 Å². The second-order valence-electron chi connectivity index (χ2n) is 10.6. The van der Waals surface area contributed by atoms with Crippen molar-refractivity contribution < 1.29 is 9.53 Å². The number of ether oxygens (including phenoxy) is 1. The molecule has 178 valence electrons. The van der Waals surface area contributed by atoms with Crippen LogP contribution in [0.3, 0.4) is 0 Å². The molecule has 0 spiro atoms. The summed E-state index contributed by atoms with van der Waals surface area (Å²) < 4.78 is 7.02. The smallest absolute Gasteiger partial charge is 0.362 e. The number of hydrogen-bond donors (Lipinski definition) is 0. The lowest BCUT2D eigenvalue weighted by atomic mass is 9.78. The van der Waals surface area contributed by atoms with Crippen molar-refractivity contribution in [3.05, 3.63) is 40.3 Å². The third kappa shape index (κ3) is 4.11. The molecule has 2 aromatic rings. The highest BCUT2D eigenvalue weighted by Gasteiger charge is 2.45. The number of hydrogen-bond acceptors (Lipinski definition) is 5. The number of fused-ring (bicyclic) bond motifs is 3. The minimum atomic E-state index is -0.621. The molecule has 3 fully saturated rings. The van der Waals surface area contributed by atoms with E-state index < -0.39 is 5.97 Å². The van der Waals surface area contributed by atoms with Gasteiger partial charge in [0.25, 0.3) is 5.56 Å². The van der Waals surface area contributed by atoms with Crippen LogP contribution in [0.4, 0.5) is 0 Å². The van der Waals surface area contributed by atoms with Crippen LogP contribution in [-0.4, -0.2) is 45.2 Å². The Morgan fingerprint density at radius 2 is 1.64 bits per heavy atom. The largest absolute Gasteiger partial charge is 0.461 e. The molecule has 2 bridgehead atoms. The summed E-state index contributed by atoms with van der Waals surface area (Å²) in [6.45, 7) is 6.71. The van der Waals surface area contributed by atoms with Gasteiger partial charge in [-0.2, -0.15) is 0 Å².